The van der Waals surface area contributed by atoms with Crippen LogP contribution in [0.5, 0.6) is 5.75 Å². The van der Waals surface area contributed by atoms with Crippen LogP contribution >= 0.6 is 11.6 Å². The molecule has 1 N–H and O–H groups in total. The molecule has 0 aliphatic rings. The third-order valence-corrected chi connectivity index (χ3v) is 4.95. The van der Waals surface area contributed by atoms with Crippen molar-refractivity contribution in [1.82, 2.24) is 9.47 Å². The number of fused-ring (bicyclic) bond motifs is 1. The van der Waals surface area contributed by atoms with Gasteiger partial charge in [0.25, 0.3) is 0 Å². The molecule has 0 bridgehead atoms. The van der Waals surface area contributed by atoms with Crippen molar-refractivity contribution < 1.29 is 14.3 Å². The van der Waals surface area contributed by atoms with Crippen molar-refractivity contribution in [2.75, 3.05) is 18.4 Å². The van der Waals surface area contributed by atoms with E-state index in [2.05, 4.69) is 9.88 Å². The van der Waals surface area contributed by atoms with Gasteiger partial charge in [0.05, 0.1) is 11.2 Å². The van der Waals surface area contributed by atoms with Crippen LogP contribution in [-0.2, 0) is 11.3 Å². The van der Waals surface area contributed by atoms with Crippen molar-refractivity contribution in [2.24, 2.45) is 0 Å². The molecule has 3 aromatic rings. The highest BCUT2D eigenvalue weighted by Crippen LogP contribution is 2.35. The number of aromatic nitrogens is 1. The molecule has 0 spiro atoms. The number of anilines is 1. The van der Waals surface area contributed by atoms with Gasteiger partial charge in [-0.1, -0.05) is 23.7 Å². The maximum absolute atomic E-state index is 12.4. The standard InChI is InChI=1S/C22H24ClN3O3/c1-4-25(5-2)22(28)29-20-11-10-19-18(21(20)24-15(3)27)12-13-26(19)14-16-6-8-17(23)9-7-16/h6-13H,4-5,14H2,1-3H3,(H,24,27). The number of benzene rings is 2. The number of hydrogen-bond donors (Lipinski definition) is 1. The predicted octanol–water partition coefficient (Wildman–Crippen LogP) is 5.14. The zero-order valence-corrected chi connectivity index (χ0v) is 17.5. The quantitative estimate of drug-likeness (QED) is 0.608. The predicted molar refractivity (Wildman–Crippen MR) is 116 cm³/mol. The number of rotatable bonds is 6. The summed E-state index contributed by atoms with van der Waals surface area (Å²) < 4.78 is 7.66. The molecule has 1 heterocycles. The number of amides is 2. The normalized spacial score (nSPS) is 10.8. The first kappa shape index (κ1) is 20.7. The molecule has 0 aliphatic carbocycles. The monoisotopic (exact) mass is 413 g/mol. The van der Waals surface area contributed by atoms with Crippen LogP contribution in [0.1, 0.15) is 26.3 Å². The van der Waals surface area contributed by atoms with Gasteiger partial charge in [0.1, 0.15) is 0 Å². The second kappa shape index (κ2) is 9.01. The van der Waals surface area contributed by atoms with Crippen LogP contribution in [0.2, 0.25) is 5.02 Å². The van der Waals surface area contributed by atoms with Crippen LogP contribution in [0.4, 0.5) is 10.5 Å². The summed E-state index contributed by atoms with van der Waals surface area (Å²) in [7, 11) is 0. The molecule has 0 radical (unpaired) electrons. The molecule has 29 heavy (non-hydrogen) atoms. The van der Waals surface area contributed by atoms with Crippen molar-refractivity contribution >= 4 is 40.2 Å². The summed E-state index contributed by atoms with van der Waals surface area (Å²) in [5.74, 6) is 0.0944. The van der Waals surface area contributed by atoms with Gasteiger partial charge in [-0.05, 0) is 49.7 Å². The first-order chi connectivity index (χ1) is 13.9. The summed E-state index contributed by atoms with van der Waals surface area (Å²) in [4.78, 5) is 25.8. The Balaban J connectivity index is 1.98. The van der Waals surface area contributed by atoms with E-state index in [4.69, 9.17) is 16.3 Å². The summed E-state index contributed by atoms with van der Waals surface area (Å²) >= 11 is 5.97. The number of halogens is 1. The topological polar surface area (TPSA) is 63.6 Å². The molecule has 1 aromatic heterocycles. The van der Waals surface area contributed by atoms with Gasteiger partial charge >= 0.3 is 6.09 Å². The summed E-state index contributed by atoms with van der Waals surface area (Å²) in [5, 5.41) is 4.31. The lowest BCUT2D eigenvalue weighted by Gasteiger charge is -2.19. The van der Waals surface area contributed by atoms with Gasteiger partial charge in [0.2, 0.25) is 5.91 Å². The van der Waals surface area contributed by atoms with Crippen molar-refractivity contribution in [3.05, 3.63) is 59.2 Å². The highest BCUT2D eigenvalue weighted by atomic mass is 35.5. The number of carbonyl (C=O) groups is 2. The molecule has 6 nitrogen and oxygen atoms in total. The molecule has 0 saturated carbocycles. The number of nitrogens with zero attached hydrogens (tertiary/aromatic N) is 2. The lowest BCUT2D eigenvalue weighted by atomic mass is 10.2. The van der Waals surface area contributed by atoms with Crippen LogP contribution < -0.4 is 10.1 Å². The van der Waals surface area contributed by atoms with E-state index in [1.807, 2.05) is 56.4 Å². The summed E-state index contributed by atoms with van der Waals surface area (Å²) in [6.45, 7) is 6.95. The maximum atomic E-state index is 12.4. The summed E-state index contributed by atoms with van der Waals surface area (Å²) in [6, 6.07) is 13.2. The largest absolute Gasteiger partial charge is 0.415 e. The summed E-state index contributed by atoms with van der Waals surface area (Å²) in [5.41, 5.74) is 2.52. The van der Waals surface area contributed by atoms with E-state index in [0.717, 1.165) is 16.5 Å². The first-order valence-electron chi connectivity index (χ1n) is 9.53. The number of hydrogen-bond acceptors (Lipinski definition) is 3. The second-order valence-corrected chi connectivity index (χ2v) is 7.10. The molecule has 0 unspecified atom stereocenters. The molecular weight excluding hydrogens is 390 g/mol. The first-order valence-corrected chi connectivity index (χ1v) is 9.91. The molecule has 3 rings (SSSR count). The minimum absolute atomic E-state index is 0.233. The Bertz CT molecular complexity index is 1020. The van der Waals surface area contributed by atoms with Crippen LogP contribution in [-0.4, -0.2) is 34.6 Å². The van der Waals surface area contributed by atoms with E-state index in [-0.39, 0.29) is 5.91 Å². The molecule has 0 fully saturated rings. The van der Waals surface area contributed by atoms with E-state index >= 15 is 0 Å². The SMILES string of the molecule is CCN(CC)C(=O)Oc1ccc2c(ccn2Cc2ccc(Cl)cc2)c1NC(C)=O. The zero-order valence-electron chi connectivity index (χ0n) is 16.7. The fourth-order valence-electron chi connectivity index (χ4n) is 3.21. The molecule has 2 amide bonds. The Morgan fingerprint density at radius 2 is 1.76 bits per heavy atom. The molecule has 0 aliphatic heterocycles. The molecule has 152 valence electrons. The van der Waals surface area contributed by atoms with Crippen molar-refractivity contribution in [2.45, 2.75) is 27.3 Å². The van der Waals surface area contributed by atoms with Crippen molar-refractivity contribution in [3.8, 4) is 5.75 Å². The molecule has 0 atom stereocenters. The van der Waals surface area contributed by atoms with E-state index in [1.54, 1.807) is 11.0 Å². The Kier molecular flexibility index (Phi) is 6.44. The van der Waals surface area contributed by atoms with Crippen LogP contribution in [0, 0.1) is 0 Å². The third kappa shape index (κ3) is 4.71. The van der Waals surface area contributed by atoms with E-state index in [0.29, 0.717) is 36.1 Å². The molecule has 0 saturated heterocycles. The fraction of sp³-hybridized carbons (Fsp3) is 0.273. The zero-order chi connectivity index (χ0) is 21.0. The minimum Gasteiger partial charge on any atom is -0.408 e. The number of ether oxygens (including phenoxy) is 1. The van der Waals surface area contributed by atoms with Gasteiger partial charge in [-0.25, -0.2) is 4.79 Å². The van der Waals surface area contributed by atoms with Crippen LogP contribution in [0.15, 0.2) is 48.7 Å². The molecular formula is C22H24ClN3O3. The average molecular weight is 414 g/mol. The Hall–Kier alpha value is -2.99. The third-order valence-electron chi connectivity index (χ3n) is 4.70. The lowest BCUT2D eigenvalue weighted by Crippen LogP contribution is -2.33. The minimum atomic E-state index is -0.443. The van der Waals surface area contributed by atoms with Crippen molar-refractivity contribution in [1.29, 1.82) is 0 Å². The summed E-state index contributed by atoms with van der Waals surface area (Å²) in [6.07, 6.45) is 1.50. The Morgan fingerprint density at radius 3 is 2.38 bits per heavy atom. The van der Waals surface area contributed by atoms with Gasteiger partial charge in [-0.15, -0.1) is 0 Å². The van der Waals surface area contributed by atoms with Crippen LogP contribution in [0.25, 0.3) is 10.9 Å². The highest BCUT2D eigenvalue weighted by Gasteiger charge is 2.18. The van der Waals surface area contributed by atoms with E-state index < -0.39 is 6.09 Å². The highest BCUT2D eigenvalue weighted by molar-refractivity contribution is 6.30. The smallest absolute Gasteiger partial charge is 0.408 e. The Labute approximate surface area is 175 Å². The van der Waals surface area contributed by atoms with Gasteiger partial charge in [-0.3, -0.25) is 4.79 Å². The van der Waals surface area contributed by atoms with Gasteiger partial charge < -0.3 is 19.5 Å². The second-order valence-electron chi connectivity index (χ2n) is 6.66. The van der Waals surface area contributed by atoms with E-state index in [1.165, 1.54) is 6.92 Å². The number of carbonyl (C=O) groups excluding carboxylic acids is 2. The fourth-order valence-corrected chi connectivity index (χ4v) is 3.33. The average Bonchev–Trinajstić information content (AvgIpc) is 3.09. The van der Waals surface area contributed by atoms with Gasteiger partial charge in [0, 0.05) is 43.2 Å². The lowest BCUT2D eigenvalue weighted by molar-refractivity contribution is -0.114. The van der Waals surface area contributed by atoms with Gasteiger partial charge in [-0.2, -0.15) is 0 Å². The van der Waals surface area contributed by atoms with Gasteiger partial charge in [0.15, 0.2) is 5.75 Å². The maximum Gasteiger partial charge on any atom is 0.415 e. The van der Waals surface area contributed by atoms with E-state index in [9.17, 15) is 9.59 Å². The van der Waals surface area contributed by atoms with Crippen LogP contribution in [0.3, 0.4) is 0 Å². The molecule has 2 aromatic carbocycles. The van der Waals surface area contributed by atoms with Crippen molar-refractivity contribution in [3.63, 3.8) is 0 Å². The molecule has 7 heteroatoms. The number of nitrogens with one attached hydrogen (secondary N) is 1. The Morgan fingerprint density at radius 1 is 1.07 bits per heavy atom.